The zero-order chi connectivity index (χ0) is 26.3. The third-order valence-corrected chi connectivity index (χ3v) is 7.23. The molecule has 192 valence electrons. The van der Waals surface area contributed by atoms with E-state index >= 15 is 0 Å². The number of thioether (sulfide) groups is 1. The van der Waals surface area contributed by atoms with Gasteiger partial charge in [-0.3, -0.25) is 9.36 Å². The van der Waals surface area contributed by atoms with Crippen LogP contribution in [0.15, 0.2) is 95.5 Å². The van der Waals surface area contributed by atoms with Gasteiger partial charge >= 0.3 is 0 Å². The number of hydrogen-bond donors (Lipinski definition) is 1. The minimum absolute atomic E-state index is 0.149. The van der Waals surface area contributed by atoms with Crippen LogP contribution in [-0.2, 0) is 4.79 Å². The molecular formula is C28H25N5O3S2. The number of anilines is 1. The Morgan fingerprint density at radius 2 is 1.74 bits per heavy atom. The molecule has 0 aliphatic carbocycles. The number of carbonyl (C=O) groups excluding carboxylic acids is 1. The van der Waals surface area contributed by atoms with Crippen molar-refractivity contribution in [2.45, 2.75) is 18.2 Å². The molecule has 0 aliphatic heterocycles. The second kappa shape index (κ2) is 11.9. The zero-order valence-corrected chi connectivity index (χ0v) is 22.4. The minimum atomic E-state index is -0.412. The topological polar surface area (TPSA) is 91.2 Å². The lowest BCUT2D eigenvalue weighted by Crippen LogP contribution is -2.15. The van der Waals surface area contributed by atoms with E-state index in [1.807, 2.05) is 102 Å². The summed E-state index contributed by atoms with van der Waals surface area (Å²) in [5, 5.41) is 14.8. The van der Waals surface area contributed by atoms with Crippen molar-refractivity contribution in [3.05, 3.63) is 96.1 Å². The van der Waals surface area contributed by atoms with Crippen molar-refractivity contribution < 1.29 is 14.3 Å². The first kappa shape index (κ1) is 25.5. The van der Waals surface area contributed by atoms with Crippen LogP contribution in [0.3, 0.4) is 0 Å². The molecule has 0 aliphatic rings. The normalized spacial score (nSPS) is 11.6. The molecule has 0 fully saturated rings. The molecule has 1 unspecified atom stereocenters. The smallest absolute Gasteiger partial charge is 0.236 e. The number of aromatic nitrogens is 4. The highest BCUT2D eigenvalue weighted by Gasteiger charge is 2.22. The van der Waals surface area contributed by atoms with Crippen LogP contribution in [0.25, 0.3) is 16.9 Å². The van der Waals surface area contributed by atoms with E-state index in [2.05, 4.69) is 20.5 Å². The molecule has 2 heterocycles. The monoisotopic (exact) mass is 543 g/mol. The summed E-state index contributed by atoms with van der Waals surface area (Å²) >= 11 is 2.70. The Hall–Kier alpha value is -4.15. The van der Waals surface area contributed by atoms with Crippen LogP contribution in [0, 0.1) is 0 Å². The molecule has 0 spiro atoms. The van der Waals surface area contributed by atoms with Gasteiger partial charge in [-0.25, -0.2) is 4.98 Å². The number of para-hydroxylation sites is 1. The molecule has 10 heteroatoms. The van der Waals surface area contributed by atoms with E-state index in [1.54, 1.807) is 7.11 Å². The van der Waals surface area contributed by atoms with Gasteiger partial charge in [0.2, 0.25) is 5.91 Å². The van der Waals surface area contributed by atoms with Gasteiger partial charge in [0.15, 0.2) is 22.2 Å². The van der Waals surface area contributed by atoms with Crippen LogP contribution < -0.4 is 14.8 Å². The zero-order valence-electron chi connectivity index (χ0n) is 20.8. The molecule has 0 radical (unpaired) electrons. The number of hydrogen-bond acceptors (Lipinski definition) is 8. The van der Waals surface area contributed by atoms with E-state index in [0.717, 1.165) is 16.9 Å². The quantitative estimate of drug-likeness (QED) is 0.208. The molecule has 1 amide bonds. The Morgan fingerprint density at radius 1 is 1.00 bits per heavy atom. The summed E-state index contributed by atoms with van der Waals surface area (Å²) in [6.45, 7) is 1.91. The van der Waals surface area contributed by atoms with E-state index in [9.17, 15) is 4.79 Å². The Labute approximate surface area is 228 Å². The lowest BCUT2D eigenvalue weighted by atomic mass is 10.2. The van der Waals surface area contributed by atoms with Crippen LogP contribution in [0.1, 0.15) is 18.9 Å². The van der Waals surface area contributed by atoms with Gasteiger partial charge in [-0.2, -0.15) is 0 Å². The molecule has 0 saturated carbocycles. The summed E-state index contributed by atoms with van der Waals surface area (Å²) in [7, 11) is 1.62. The maximum absolute atomic E-state index is 12.8. The number of ether oxygens (including phenoxy) is 2. The van der Waals surface area contributed by atoms with Gasteiger partial charge in [-0.05, 0) is 31.2 Å². The van der Waals surface area contributed by atoms with Gasteiger partial charge in [0, 0.05) is 22.7 Å². The maximum atomic E-state index is 12.8. The molecule has 3 aromatic carbocycles. The largest absolute Gasteiger partial charge is 0.497 e. The molecule has 5 aromatic rings. The SMILES string of the molecule is COc1cccc(OC(C)c2nnc(SCC(=O)Nc3nc(-c4ccccc4)cs3)n2-c2ccccc2)c1. The number of methoxy groups -OCH3 is 1. The van der Waals surface area contributed by atoms with Crippen LogP contribution in [0.5, 0.6) is 11.5 Å². The number of amides is 1. The minimum Gasteiger partial charge on any atom is -0.497 e. The van der Waals surface area contributed by atoms with Crippen LogP contribution >= 0.6 is 23.1 Å². The molecule has 38 heavy (non-hydrogen) atoms. The maximum Gasteiger partial charge on any atom is 0.236 e. The number of rotatable bonds is 10. The number of benzene rings is 3. The number of thiazole rings is 1. The lowest BCUT2D eigenvalue weighted by Gasteiger charge is -2.17. The van der Waals surface area contributed by atoms with Gasteiger partial charge in [-0.15, -0.1) is 21.5 Å². The fourth-order valence-electron chi connectivity index (χ4n) is 3.75. The van der Waals surface area contributed by atoms with E-state index in [-0.39, 0.29) is 11.7 Å². The Kier molecular flexibility index (Phi) is 8.01. The second-order valence-corrected chi connectivity index (χ2v) is 9.99. The number of nitrogens with zero attached hydrogens (tertiary/aromatic N) is 4. The van der Waals surface area contributed by atoms with Crippen molar-refractivity contribution in [1.29, 1.82) is 0 Å². The van der Waals surface area contributed by atoms with Crippen LogP contribution in [-0.4, -0.2) is 38.5 Å². The first-order valence-corrected chi connectivity index (χ1v) is 13.7. The van der Waals surface area contributed by atoms with Gasteiger partial charge < -0.3 is 14.8 Å². The molecule has 5 rings (SSSR count). The van der Waals surface area contributed by atoms with Crippen molar-refractivity contribution in [1.82, 2.24) is 19.7 Å². The van der Waals surface area contributed by atoms with Crippen LogP contribution in [0.4, 0.5) is 5.13 Å². The average Bonchev–Trinajstić information content (AvgIpc) is 3.60. The highest BCUT2D eigenvalue weighted by molar-refractivity contribution is 7.99. The standard InChI is InChI=1S/C28H25N5O3S2/c1-19(36-23-15-9-14-22(16-23)35-2)26-31-32-28(33(26)21-12-7-4-8-13-21)38-18-25(34)30-27-29-24(17-37-27)20-10-5-3-6-11-20/h3-17,19H,18H2,1-2H3,(H,29,30,34). The van der Waals surface area contributed by atoms with E-state index in [0.29, 0.717) is 27.6 Å². The predicted molar refractivity (Wildman–Crippen MR) is 150 cm³/mol. The fraction of sp³-hybridized carbons (Fsp3) is 0.143. The van der Waals surface area contributed by atoms with Crippen molar-refractivity contribution in [2.75, 3.05) is 18.2 Å². The summed E-state index contributed by atoms with van der Waals surface area (Å²) in [6, 6.07) is 27.0. The third-order valence-electron chi connectivity index (χ3n) is 5.54. The molecule has 1 atom stereocenters. The molecular weight excluding hydrogens is 518 g/mol. The number of carbonyl (C=O) groups is 1. The summed E-state index contributed by atoms with van der Waals surface area (Å²) in [6.07, 6.45) is -0.412. The molecule has 1 N–H and O–H groups in total. The van der Waals surface area contributed by atoms with Gasteiger partial charge in [-0.1, -0.05) is 66.4 Å². The van der Waals surface area contributed by atoms with Crippen molar-refractivity contribution >= 4 is 34.1 Å². The molecule has 0 bridgehead atoms. The molecule has 8 nitrogen and oxygen atoms in total. The van der Waals surface area contributed by atoms with Gasteiger partial charge in [0.05, 0.1) is 18.6 Å². The number of nitrogens with one attached hydrogen (secondary N) is 1. The summed E-state index contributed by atoms with van der Waals surface area (Å²) in [4.78, 5) is 17.3. The lowest BCUT2D eigenvalue weighted by molar-refractivity contribution is -0.113. The van der Waals surface area contributed by atoms with Crippen molar-refractivity contribution in [2.24, 2.45) is 0 Å². The third kappa shape index (κ3) is 6.04. The van der Waals surface area contributed by atoms with Crippen molar-refractivity contribution in [3.8, 4) is 28.4 Å². The Bertz CT molecular complexity index is 1510. The summed E-state index contributed by atoms with van der Waals surface area (Å²) in [5.41, 5.74) is 2.72. The Balaban J connectivity index is 1.30. The van der Waals surface area contributed by atoms with Gasteiger partial charge in [0.25, 0.3) is 0 Å². The Morgan fingerprint density at radius 3 is 2.50 bits per heavy atom. The first-order chi connectivity index (χ1) is 18.6. The highest BCUT2D eigenvalue weighted by atomic mass is 32.2. The molecule has 0 saturated heterocycles. The van der Waals surface area contributed by atoms with Crippen LogP contribution in [0.2, 0.25) is 0 Å². The second-order valence-electron chi connectivity index (χ2n) is 8.19. The van der Waals surface area contributed by atoms with E-state index in [4.69, 9.17) is 9.47 Å². The highest BCUT2D eigenvalue weighted by Crippen LogP contribution is 2.30. The van der Waals surface area contributed by atoms with Gasteiger partial charge in [0.1, 0.15) is 11.5 Å². The predicted octanol–water partition coefficient (Wildman–Crippen LogP) is 6.27. The summed E-state index contributed by atoms with van der Waals surface area (Å²) in [5.74, 6) is 1.96. The fourth-order valence-corrected chi connectivity index (χ4v) is 5.24. The van der Waals surface area contributed by atoms with Crippen molar-refractivity contribution in [3.63, 3.8) is 0 Å². The average molecular weight is 544 g/mol. The molecule has 2 aromatic heterocycles. The summed E-state index contributed by atoms with van der Waals surface area (Å²) < 4.78 is 13.4. The van der Waals surface area contributed by atoms with E-state index < -0.39 is 6.10 Å². The van der Waals surface area contributed by atoms with E-state index in [1.165, 1.54) is 23.1 Å². The first-order valence-electron chi connectivity index (χ1n) is 11.9.